The Bertz CT molecular complexity index is 480. The van der Waals surface area contributed by atoms with Gasteiger partial charge in [-0.25, -0.2) is 0 Å². The van der Waals surface area contributed by atoms with Crippen LogP contribution in [0.5, 0.6) is 0 Å². The summed E-state index contributed by atoms with van der Waals surface area (Å²) in [4.78, 5) is 20.5. The number of likely N-dealkylation sites (tertiary alicyclic amines) is 1. The van der Waals surface area contributed by atoms with E-state index in [0.29, 0.717) is 5.92 Å². The van der Waals surface area contributed by atoms with E-state index >= 15 is 0 Å². The minimum Gasteiger partial charge on any atom is -0.381 e. The Hall–Kier alpha value is -1.38. The first-order valence-corrected chi connectivity index (χ1v) is 10.7. The van der Waals surface area contributed by atoms with Crippen molar-refractivity contribution in [2.45, 2.75) is 38.1 Å². The van der Waals surface area contributed by atoms with E-state index in [9.17, 15) is 4.79 Å². The zero-order valence-corrected chi connectivity index (χ0v) is 17.9. The number of guanidine groups is 1. The number of rotatable bonds is 11. The van der Waals surface area contributed by atoms with E-state index in [1.54, 1.807) is 11.9 Å². The van der Waals surface area contributed by atoms with E-state index in [1.807, 2.05) is 14.1 Å². The lowest BCUT2D eigenvalue weighted by molar-refractivity contribution is -0.133. The summed E-state index contributed by atoms with van der Waals surface area (Å²) >= 11 is 0. The molecule has 8 nitrogen and oxygen atoms in total. The highest BCUT2D eigenvalue weighted by Gasteiger charge is 2.30. The molecule has 2 atom stereocenters. The molecule has 0 aromatic heterocycles. The van der Waals surface area contributed by atoms with Crippen molar-refractivity contribution in [1.82, 2.24) is 20.4 Å². The lowest BCUT2D eigenvalue weighted by atomic mass is 10.1. The lowest BCUT2D eigenvalue weighted by Crippen LogP contribution is -2.44. The van der Waals surface area contributed by atoms with Gasteiger partial charge in [0.2, 0.25) is 5.91 Å². The minimum atomic E-state index is 0.0585. The van der Waals surface area contributed by atoms with Crippen molar-refractivity contribution in [1.29, 1.82) is 0 Å². The molecule has 0 bridgehead atoms. The number of ether oxygens (including phenoxy) is 2. The summed E-state index contributed by atoms with van der Waals surface area (Å²) < 4.78 is 11.1. The molecule has 0 aliphatic carbocycles. The fourth-order valence-electron chi connectivity index (χ4n) is 3.73. The summed E-state index contributed by atoms with van der Waals surface area (Å²) in [7, 11) is 5.46. The summed E-state index contributed by atoms with van der Waals surface area (Å²) in [5.74, 6) is 1.63. The number of aliphatic imine (C=N–C) groups is 1. The molecule has 2 rings (SSSR count). The molecule has 2 aliphatic heterocycles. The maximum absolute atomic E-state index is 12.2. The van der Waals surface area contributed by atoms with Crippen molar-refractivity contribution in [3.8, 4) is 0 Å². The van der Waals surface area contributed by atoms with E-state index < -0.39 is 0 Å². The van der Waals surface area contributed by atoms with E-state index in [1.165, 1.54) is 0 Å². The molecular weight excluding hydrogens is 358 g/mol. The van der Waals surface area contributed by atoms with Crippen molar-refractivity contribution in [3.63, 3.8) is 0 Å². The van der Waals surface area contributed by atoms with Crippen LogP contribution in [0.25, 0.3) is 0 Å². The van der Waals surface area contributed by atoms with Gasteiger partial charge in [0, 0.05) is 59.9 Å². The molecule has 2 unspecified atom stereocenters. The molecule has 0 saturated carbocycles. The molecule has 28 heavy (non-hydrogen) atoms. The highest BCUT2D eigenvalue weighted by molar-refractivity contribution is 5.81. The molecule has 0 radical (unpaired) electrons. The Morgan fingerprint density at radius 1 is 1.25 bits per heavy atom. The minimum absolute atomic E-state index is 0.0585. The van der Waals surface area contributed by atoms with Crippen LogP contribution < -0.4 is 10.6 Å². The SMILES string of the molecule is CN=C(NCCCOCC1CCOC1)NCCCN1CCCC1C(=O)N(C)C. The molecule has 162 valence electrons. The van der Waals surface area contributed by atoms with E-state index in [0.717, 1.165) is 90.7 Å². The number of amides is 1. The van der Waals surface area contributed by atoms with Gasteiger partial charge in [0.1, 0.15) is 0 Å². The zero-order valence-electron chi connectivity index (χ0n) is 17.9. The van der Waals surface area contributed by atoms with Crippen LogP contribution in [0, 0.1) is 5.92 Å². The maximum atomic E-state index is 12.2. The molecule has 2 aliphatic rings. The van der Waals surface area contributed by atoms with Gasteiger partial charge < -0.3 is 25.0 Å². The van der Waals surface area contributed by atoms with Crippen LogP contribution in [0.4, 0.5) is 0 Å². The highest BCUT2D eigenvalue weighted by Crippen LogP contribution is 2.18. The molecule has 2 heterocycles. The quantitative estimate of drug-likeness (QED) is 0.301. The van der Waals surface area contributed by atoms with Crippen LogP contribution in [0.15, 0.2) is 4.99 Å². The normalized spacial score (nSPS) is 23.2. The third-order valence-electron chi connectivity index (χ3n) is 5.36. The summed E-state index contributed by atoms with van der Waals surface area (Å²) in [6, 6.07) is 0.0585. The van der Waals surface area contributed by atoms with Crippen LogP contribution >= 0.6 is 0 Å². The van der Waals surface area contributed by atoms with E-state index in [4.69, 9.17) is 9.47 Å². The fourth-order valence-corrected chi connectivity index (χ4v) is 3.73. The van der Waals surface area contributed by atoms with Gasteiger partial charge in [-0.05, 0) is 38.6 Å². The molecule has 2 N–H and O–H groups in total. The Morgan fingerprint density at radius 2 is 2.04 bits per heavy atom. The topological polar surface area (TPSA) is 78.4 Å². The fraction of sp³-hybridized carbons (Fsp3) is 0.900. The van der Waals surface area contributed by atoms with Crippen molar-refractivity contribution in [3.05, 3.63) is 0 Å². The van der Waals surface area contributed by atoms with Gasteiger partial charge in [-0.1, -0.05) is 0 Å². The molecule has 0 spiro atoms. The Kier molecular flexibility index (Phi) is 10.6. The highest BCUT2D eigenvalue weighted by atomic mass is 16.5. The third kappa shape index (κ3) is 7.93. The smallest absolute Gasteiger partial charge is 0.239 e. The second kappa shape index (κ2) is 13.0. The van der Waals surface area contributed by atoms with Crippen molar-refractivity contribution in [2.75, 3.05) is 73.7 Å². The summed E-state index contributed by atoms with van der Waals surface area (Å²) in [5.41, 5.74) is 0. The Balaban J connectivity index is 1.50. The molecule has 0 aromatic rings. The van der Waals surface area contributed by atoms with Crippen LogP contribution in [0.3, 0.4) is 0 Å². The standard InChI is InChI=1S/C20H39N5O3/c1-21-20(23-10-6-13-27-15-17-8-14-28-16-17)22-9-5-12-25-11-4-7-18(25)19(26)24(2)3/h17-18H,4-16H2,1-3H3,(H2,21,22,23). The number of carbonyl (C=O) groups is 1. The number of carbonyl (C=O) groups excluding carboxylic acids is 1. The van der Waals surface area contributed by atoms with Gasteiger partial charge in [-0.3, -0.25) is 14.7 Å². The molecule has 2 fully saturated rings. The number of nitrogens with one attached hydrogen (secondary N) is 2. The molecule has 8 heteroatoms. The Labute approximate surface area is 170 Å². The number of hydrogen-bond acceptors (Lipinski definition) is 5. The average Bonchev–Trinajstić information content (AvgIpc) is 3.37. The van der Waals surface area contributed by atoms with Crippen LogP contribution in [-0.2, 0) is 14.3 Å². The first kappa shape index (κ1) is 22.9. The second-order valence-corrected chi connectivity index (χ2v) is 7.86. The Morgan fingerprint density at radius 3 is 2.71 bits per heavy atom. The van der Waals surface area contributed by atoms with Gasteiger partial charge in [0.25, 0.3) is 0 Å². The van der Waals surface area contributed by atoms with Gasteiger partial charge in [-0.15, -0.1) is 0 Å². The van der Waals surface area contributed by atoms with Gasteiger partial charge in [0.15, 0.2) is 5.96 Å². The van der Waals surface area contributed by atoms with Gasteiger partial charge in [-0.2, -0.15) is 0 Å². The zero-order chi connectivity index (χ0) is 20.2. The first-order valence-electron chi connectivity index (χ1n) is 10.7. The summed E-state index contributed by atoms with van der Waals surface area (Å²) in [5, 5.41) is 6.68. The third-order valence-corrected chi connectivity index (χ3v) is 5.36. The molecule has 2 saturated heterocycles. The number of hydrogen-bond donors (Lipinski definition) is 2. The predicted octanol–water partition coefficient (Wildman–Crippen LogP) is 0.537. The molecular formula is C20H39N5O3. The van der Waals surface area contributed by atoms with Crippen molar-refractivity contribution < 1.29 is 14.3 Å². The first-order chi connectivity index (χ1) is 13.6. The van der Waals surface area contributed by atoms with E-state index in [-0.39, 0.29) is 11.9 Å². The maximum Gasteiger partial charge on any atom is 0.239 e. The number of likely N-dealkylation sites (N-methyl/N-ethyl adjacent to an activating group) is 1. The second-order valence-electron chi connectivity index (χ2n) is 7.86. The largest absolute Gasteiger partial charge is 0.381 e. The average molecular weight is 398 g/mol. The lowest BCUT2D eigenvalue weighted by Gasteiger charge is -2.26. The monoisotopic (exact) mass is 397 g/mol. The van der Waals surface area contributed by atoms with Gasteiger partial charge >= 0.3 is 0 Å². The molecule has 1 amide bonds. The number of nitrogens with zero attached hydrogens (tertiary/aromatic N) is 3. The predicted molar refractivity (Wildman–Crippen MR) is 112 cm³/mol. The van der Waals surface area contributed by atoms with Gasteiger partial charge in [0.05, 0.1) is 19.3 Å². The summed E-state index contributed by atoms with van der Waals surface area (Å²) in [6.45, 7) is 6.93. The summed E-state index contributed by atoms with van der Waals surface area (Å²) in [6.07, 6.45) is 5.15. The van der Waals surface area contributed by atoms with Crippen LogP contribution in [0.1, 0.15) is 32.1 Å². The molecule has 0 aromatic carbocycles. The van der Waals surface area contributed by atoms with E-state index in [2.05, 4.69) is 20.5 Å². The van der Waals surface area contributed by atoms with Crippen LogP contribution in [0.2, 0.25) is 0 Å². The van der Waals surface area contributed by atoms with Crippen LogP contribution in [-0.4, -0.2) is 101 Å². The van der Waals surface area contributed by atoms with Crippen molar-refractivity contribution >= 4 is 11.9 Å². The van der Waals surface area contributed by atoms with Crippen molar-refractivity contribution in [2.24, 2.45) is 10.9 Å².